The van der Waals surface area contributed by atoms with Gasteiger partial charge in [0.1, 0.15) is 0 Å². The molecule has 0 aromatic carbocycles. The van der Waals surface area contributed by atoms with Crippen LogP contribution < -0.4 is 0 Å². The van der Waals surface area contributed by atoms with E-state index in [9.17, 15) is 4.79 Å². The molecule has 0 rings (SSSR count). The molecule has 0 aromatic rings. The van der Waals surface area contributed by atoms with Crippen molar-refractivity contribution >= 4 is 5.78 Å². The Morgan fingerprint density at radius 1 is 1.40 bits per heavy atom. The first-order valence-corrected chi connectivity index (χ1v) is 3.17. The van der Waals surface area contributed by atoms with Gasteiger partial charge in [-0.2, -0.15) is 0 Å². The van der Waals surface area contributed by atoms with E-state index in [-0.39, 0.29) is 5.78 Å². The monoisotopic (exact) mass is 136 g/mol. The SMILES string of the molecule is C=C(C=CC=CC)C(C)=O. The van der Waals surface area contributed by atoms with E-state index in [0.717, 1.165) is 0 Å². The summed E-state index contributed by atoms with van der Waals surface area (Å²) in [6.07, 6.45) is 7.24. The quantitative estimate of drug-likeness (QED) is 0.429. The second kappa shape index (κ2) is 4.74. The third-order valence-corrected chi connectivity index (χ3v) is 1.05. The molecule has 0 aromatic heterocycles. The molecule has 10 heavy (non-hydrogen) atoms. The molecule has 0 spiro atoms. The minimum absolute atomic E-state index is 0.0146. The van der Waals surface area contributed by atoms with Crippen molar-refractivity contribution in [1.29, 1.82) is 0 Å². The maximum absolute atomic E-state index is 10.6. The molecule has 0 atom stereocenters. The average Bonchev–Trinajstić information content (AvgIpc) is 1.88. The van der Waals surface area contributed by atoms with Crippen LogP contribution in [0.25, 0.3) is 0 Å². The van der Waals surface area contributed by atoms with E-state index in [4.69, 9.17) is 0 Å². The lowest BCUT2D eigenvalue weighted by molar-refractivity contribution is -0.113. The highest BCUT2D eigenvalue weighted by molar-refractivity contribution is 5.95. The summed E-state index contributed by atoms with van der Waals surface area (Å²) in [4.78, 5) is 10.6. The number of hydrogen-bond donors (Lipinski definition) is 0. The second-order valence-electron chi connectivity index (χ2n) is 1.97. The number of ketones is 1. The first kappa shape index (κ1) is 8.89. The highest BCUT2D eigenvalue weighted by Crippen LogP contribution is 1.93. The Hall–Kier alpha value is -1.11. The number of Topliss-reactive ketones (excluding diaryl/α,β-unsaturated/α-hetero) is 1. The topological polar surface area (TPSA) is 17.1 Å². The molecule has 1 nitrogen and oxygen atoms in total. The minimum Gasteiger partial charge on any atom is -0.295 e. The Kier molecular flexibility index (Phi) is 4.21. The van der Waals surface area contributed by atoms with E-state index in [2.05, 4.69) is 6.58 Å². The molecule has 0 radical (unpaired) electrons. The molecule has 0 aliphatic rings. The summed E-state index contributed by atoms with van der Waals surface area (Å²) in [7, 11) is 0. The lowest BCUT2D eigenvalue weighted by Gasteiger charge is -1.86. The molecule has 0 unspecified atom stereocenters. The fourth-order valence-electron chi connectivity index (χ4n) is 0.400. The maximum atomic E-state index is 10.6. The highest BCUT2D eigenvalue weighted by Gasteiger charge is 1.91. The normalized spacial score (nSPS) is 11.0. The van der Waals surface area contributed by atoms with E-state index < -0.39 is 0 Å². The van der Waals surface area contributed by atoms with Crippen LogP contribution in [-0.2, 0) is 4.79 Å². The van der Waals surface area contributed by atoms with Crippen molar-refractivity contribution in [3.63, 3.8) is 0 Å². The van der Waals surface area contributed by atoms with Crippen molar-refractivity contribution in [2.24, 2.45) is 0 Å². The highest BCUT2D eigenvalue weighted by atomic mass is 16.1. The van der Waals surface area contributed by atoms with Gasteiger partial charge >= 0.3 is 0 Å². The van der Waals surface area contributed by atoms with Crippen molar-refractivity contribution in [3.05, 3.63) is 36.5 Å². The fourth-order valence-corrected chi connectivity index (χ4v) is 0.400. The Balaban J connectivity index is 3.90. The molecular formula is C9H12O. The van der Waals surface area contributed by atoms with Gasteiger partial charge in [0.15, 0.2) is 5.78 Å². The van der Waals surface area contributed by atoms with E-state index in [1.807, 2.05) is 19.1 Å². The van der Waals surface area contributed by atoms with E-state index in [1.54, 1.807) is 12.2 Å². The minimum atomic E-state index is 0.0146. The Labute approximate surface area is 61.8 Å². The molecule has 0 aliphatic heterocycles. The van der Waals surface area contributed by atoms with Gasteiger partial charge < -0.3 is 0 Å². The van der Waals surface area contributed by atoms with Crippen LogP contribution >= 0.6 is 0 Å². The lowest BCUT2D eigenvalue weighted by atomic mass is 10.2. The molecule has 0 aliphatic carbocycles. The van der Waals surface area contributed by atoms with Crippen LogP contribution in [-0.4, -0.2) is 5.78 Å². The van der Waals surface area contributed by atoms with Gasteiger partial charge in [0.25, 0.3) is 0 Å². The fraction of sp³-hybridized carbons (Fsp3) is 0.222. The summed E-state index contributed by atoms with van der Waals surface area (Å²) in [5.74, 6) is 0.0146. The molecule has 0 fully saturated rings. The molecule has 0 saturated heterocycles. The van der Waals surface area contributed by atoms with Crippen LogP contribution in [0, 0.1) is 0 Å². The number of carbonyl (C=O) groups excluding carboxylic acids is 1. The summed E-state index contributed by atoms with van der Waals surface area (Å²) < 4.78 is 0. The van der Waals surface area contributed by atoms with Crippen molar-refractivity contribution in [1.82, 2.24) is 0 Å². The zero-order chi connectivity index (χ0) is 7.98. The van der Waals surface area contributed by atoms with Gasteiger partial charge in [-0.15, -0.1) is 0 Å². The van der Waals surface area contributed by atoms with E-state index in [1.165, 1.54) is 6.92 Å². The first-order valence-electron chi connectivity index (χ1n) is 3.17. The summed E-state index contributed by atoms with van der Waals surface area (Å²) in [5.41, 5.74) is 0.540. The molecule has 0 saturated carbocycles. The predicted octanol–water partition coefficient (Wildman–Crippen LogP) is 2.26. The van der Waals surface area contributed by atoms with E-state index in [0.29, 0.717) is 5.57 Å². The van der Waals surface area contributed by atoms with E-state index >= 15 is 0 Å². The zero-order valence-corrected chi connectivity index (χ0v) is 6.42. The van der Waals surface area contributed by atoms with Crippen LogP contribution in [0.15, 0.2) is 36.5 Å². The van der Waals surface area contributed by atoms with Crippen LogP contribution in [0.5, 0.6) is 0 Å². The first-order chi connectivity index (χ1) is 4.68. The van der Waals surface area contributed by atoms with Gasteiger partial charge in [0.2, 0.25) is 0 Å². The van der Waals surface area contributed by atoms with Gasteiger partial charge in [-0.25, -0.2) is 0 Å². The Bertz CT molecular complexity index is 185. The molecule has 0 N–H and O–H groups in total. The van der Waals surface area contributed by atoms with Crippen LogP contribution in [0.2, 0.25) is 0 Å². The Morgan fingerprint density at radius 3 is 2.40 bits per heavy atom. The van der Waals surface area contributed by atoms with Gasteiger partial charge in [0.05, 0.1) is 0 Å². The van der Waals surface area contributed by atoms with Crippen LogP contribution in [0.1, 0.15) is 13.8 Å². The number of hydrogen-bond acceptors (Lipinski definition) is 1. The predicted molar refractivity (Wildman–Crippen MR) is 43.8 cm³/mol. The smallest absolute Gasteiger partial charge is 0.159 e. The summed E-state index contributed by atoms with van der Waals surface area (Å²) in [6, 6.07) is 0. The number of allylic oxidation sites excluding steroid dienone is 5. The van der Waals surface area contributed by atoms with Crippen LogP contribution in [0.4, 0.5) is 0 Å². The number of rotatable bonds is 3. The lowest BCUT2D eigenvalue weighted by Crippen LogP contribution is -1.89. The van der Waals surface area contributed by atoms with Gasteiger partial charge in [-0.05, 0) is 13.8 Å². The third-order valence-electron chi connectivity index (χ3n) is 1.05. The largest absolute Gasteiger partial charge is 0.295 e. The summed E-state index contributed by atoms with van der Waals surface area (Å²) in [5, 5.41) is 0. The van der Waals surface area contributed by atoms with Crippen LogP contribution in [0.3, 0.4) is 0 Å². The average molecular weight is 136 g/mol. The Morgan fingerprint density at radius 2 is 2.00 bits per heavy atom. The van der Waals surface area contributed by atoms with Gasteiger partial charge in [0, 0.05) is 5.57 Å². The summed E-state index contributed by atoms with van der Waals surface area (Å²) in [6.45, 7) is 6.98. The number of carbonyl (C=O) groups is 1. The molecule has 0 amide bonds. The molecule has 1 heteroatoms. The third kappa shape index (κ3) is 3.84. The summed E-state index contributed by atoms with van der Waals surface area (Å²) >= 11 is 0. The molecular weight excluding hydrogens is 124 g/mol. The standard InChI is InChI=1S/C9H12O/c1-4-5-6-7-8(2)9(3)10/h4-7H,2H2,1,3H3. The molecule has 0 heterocycles. The van der Waals surface area contributed by atoms with Crippen molar-refractivity contribution in [2.45, 2.75) is 13.8 Å². The van der Waals surface area contributed by atoms with Gasteiger partial charge in [-0.3, -0.25) is 4.79 Å². The second-order valence-corrected chi connectivity index (χ2v) is 1.97. The van der Waals surface area contributed by atoms with Crippen molar-refractivity contribution < 1.29 is 4.79 Å². The van der Waals surface area contributed by atoms with Gasteiger partial charge in [-0.1, -0.05) is 30.9 Å². The molecule has 54 valence electrons. The zero-order valence-electron chi connectivity index (χ0n) is 6.42. The van der Waals surface area contributed by atoms with Crippen molar-refractivity contribution in [2.75, 3.05) is 0 Å². The van der Waals surface area contributed by atoms with Crippen molar-refractivity contribution in [3.8, 4) is 0 Å². The molecule has 0 bridgehead atoms. The maximum Gasteiger partial charge on any atom is 0.159 e.